The van der Waals surface area contributed by atoms with E-state index in [1.165, 1.54) is 16.8 Å². The number of amides is 3. The Hall–Kier alpha value is -2.77. The van der Waals surface area contributed by atoms with Crippen LogP contribution in [-0.4, -0.2) is 38.2 Å². The molecule has 1 aromatic heterocycles. The Bertz CT molecular complexity index is 749. The fraction of sp³-hybridized carbons (Fsp3) is 0.500. The molecule has 8 nitrogen and oxygen atoms in total. The van der Waals surface area contributed by atoms with Gasteiger partial charge in [-0.05, 0) is 30.0 Å². The first kappa shape index (κ1) is 18.0. The predicted octanol–water partition coefficient (Wildman–Crippen LogP) is 2.06. The highest BCUT2D eigenvalue weighted by atomic mass is 16.2. The van der Waals surface area contributed by atoms with Crippen molar-refractivity contribution in [2.24, 2.45) is 0 Å². The van der Waals surface area contributed by atoms with Gasteiger partial charge in [0.05, 0.1) is 0 Å². The molecule has 1 aliphatic carbocycles. The van der Waals surface area contributed by atoms with Crippen molar-refractivity contribution in [3.63, 3.8) is 0 Å². The molecule has 1 aliphatic rings. The van der Waals surface area contributed by atoms with E-state index in [2.05, 4.69) is 33.0 Å². The van der Waals surface area contributed by atoms with E-state index in [1.807, 2.05) is 24.3 Å². The second kappa shape index (κ2) is 8.55. The highest BCUT2D eigenvalue weighted by molar-refractivity contribution is 5.94. The predicted molar refractivity (Wildman–Crippen MR) is 96.2 cm³/mol. The maximum atomic E-state index is 12.0. The SMILES string of the molecule is CCc1ccc(-c2nnn(CC(=O)NC(=O)NC3CCCCC3)n2)cc1. The topological polar surface area (TPSA) is 102 Å². The molecule has 0 radical (unpaired) electrons. The molecule has 3 amide bonds. The summed E-state index contributed by atoms with van der Waals surface area (Å²) in [5.41, 5.74) is 2.06. The number of nitrogens with zero attached hydrogens (tertiary/aromatic N) is 4. The van der Waals surface area contributed by atoms with Crippen molar-refractivity contribution in [2.45, 2.75) is 58.0 Å². The van der Waals surface area contributed by atoms with Crippen LogP contribution in [-0.2, 0) is 17.8 Å². The molecule has 8 heteroatoms. The van der Waals surface area contributed by atoms with Gasteiger partial charge in [0.25, 0.3) is 5.91 Å². The van der Waals surface area contributed by atoms with Crippen LogP contribution in [0.3, 0.4) is 0 Å². The number of aromatic nitrogens is 4. The number of imide groups is 1. The van der Waals surface area contributed by atoms with Crippen LogP contribution in [0.25, 0.3) is 11.4 Å². The Kier molecular flexibility index (Phi) is 5.93. The number of nitrogens with one attached hydrogen (secondary N) is 2. The van der Waals surface area contributed by atoms with Crippen molar-refractivity contribution >= 4 is 11.9 Å². The molecule has 0 bridgehead atoms. The molecule has 0 aliphatic heterocycles. The summed E-state index contributed by atoms with van der Waals surface area (Å²) in [5.74, 6) is -0.0179. The van der Waals surface area contributed by atoms with Crippen LogP contribution in [0.2, 0.25) is 0 Å². The number of hydrogen-bond acceptors (Lipinski definition) is 5. The molecule has 2 N–H and O–H groups in total. The van der Waals surface area contributed by atoms with Gasteiger partial charge >= 0.3 is 6.03 Å². The molecular formula is C18H24N6O2. The molecule has 138 valence electrons. The van der Waals surface area contributed by atoms with Crippen LogP contribution in [0.5, 0.6) is 0 Å². The van der Waals surface area contributed by atoms with Gasteiger partial charge in [0.2, 0.25) is 5.82 Å². The normalized spacial score (nSPS) is 14.8. The number of rotatable bonds is 5. The van der Waals surface area contributed by atoms with Gasteiger partial charge in [-0.2, -0.15) is 4.80 Å². The number of urea groups is 1. The summed E-state index contributed by atoms with van der Waals surface area (Å²) >= 11 is 0. The third kappa shape index (κ3) is 4.87. The minimum absolute atomic E-state index is 0.152. The summed E-state index contributed by atoms with van der Waals surface area (Å²) in [5, 5.41) is 17.2. The van der Waals surface area contributed by atoms with Gasteiger partial charge < -0.3 is 5.32 Å². The summed E-state index contributed by atoms with van der Waals surface area (Å²) in [6.07, 6.45) is 6.33. The lowest BCUT2D eigenvalue weighted by Gasteiger charge is -2.22. The van der Waals surface area contributed by atoms with Crippen molar-refractivity contribution < 1.29 is 9.59 Å². The average Bonchev–Trinajstić information content (AvgIpc) is 3.10. The van der Waals surface area contributed by atoms with Gasteiger partial charge in [-0.15, -0.1) is 10.2 Å². The Balaban J connectivity index is 1.51. The second-order valence-electron chi connectivity index (χ2n) is 6.55. The van der Waals surface area contributed by atoms with E-state index < -0.39 is 11.9 Å². The Morgan fingerprint density at radius 3 is 2.58 bits per heavy atom. The summed E-state index contributed by atoms with van der Waals surface area (Å²) < 4.78 is 0. The molecule has 0 unspecified atom stereocenters. The number of hydrogen-bond donors (Lipinski definition) is 2. The zero-order chi connectivity index (χ0) is 18.4. The van der Waals surface area contributed by atoms with Crippen molar-refractivity contribution in [1.82, 2.24) is 30.8 Å². The van der Waals surface area contributed by atoms with Crippen LogP contribution in [0.15, 0.2) is 24.3 Å². The van der Waals surface area contributed by atoms with Crippen LogP contribution < -0.4 is 10.6 Å². The number of carbonyl (C=O) groups is 2. The quantitative estimate of drug-likeness (QED) is 0.854. The Morgan fingerprint density at radius 2 is 1.88 bits per heavy atom. The largest absolute Gasteiger partial charge is 0.335 e. The molecule has 0 spiro atoms. The zero-order valence-corrected chi connectivity index (χ0v) is 14.9. The fourth-order valence-corrected chi connectivity index (χ4v) is 3.08. The van der Waals surface area contributed by atoms with Crippen molar-refractivity contribution in [1.29, 1.82) is 0 Å². The average molecular weight is 356 g/mol. The van der Waals surface area contributed by atoms with Gasteiger partial charge in [-0.25, -0.2) is 4.79 Å². The zero-order valence-electron chi connectivity index (χ0n) is 14.9. The minimum Gasteiger partial charge on any atom is -0.335 e. The summed E-state index contributed by atoms with van der Waals surface area (Å²) in [6.45, 7) is 1.94. The Labute approximate surface area is 152 Å². The van der Waals surface area contributed by atoms with E-state index in [9.17, 15) is 9.59 Å². The molecule has 26 heavy (non-hydrogen) atoms. The standard InChI is InChI=1S/C18H24N6O2/c1-2-13-8-10-14(11-9-13)17-21-23-24(22-17)12-16(25)20-18(26)19-15-6-4-3-5-7-15/h8-11,15H,2-7,12H2,1H3,(H2,19,20,25,26). The lowest BCUT2D eigenvalue weighted by Crippen LogP contribution is -2.46. The number of carbonyl (C=O) groups excluding carboxylic acids is 2. The molecule has 1 heterocycles. The van der Waals surface area contributed by atoms with E-state index in [4.69, 9.17) is 0 Å². The van der Waals surface area contributed by atoms with E-state index >= 15 is 0 Å². The van der Waals surface area contributed by atoms with Crippen LogP contribution >= 0.6 is 0 Å². The van der Waals surface area contributed by atoms with E-state index in [0.717, 1.165) is 37.7 Å². The van der Waals surface area contributed by atoms with Gasteiger partial charge in [-0.1, -0.05) is 50.5 Å². The summed E-state index contributed by atoms with van der Waals surface area (Å²) in [6, 6.07) is 7.57. The van der Waals surface area contributed by atoms with E-state index in [1.54, 1.807) is 0 Å². The van der Waals surface area contributed by atoms with Gasteiger partial charge in [0.15, 0.2) is 0 Å². The van der Waals surface area contributed by atoms with Crippen molar-refractivity contribution in [2.75, 3.05) is 0 Å². The molecule has 0 atom stereocenters. The number of aryl methyl sites for hydroxylation is 1. The molecule has 2 aromatic rings. The highest BCUT2D eigenvalue weighted by Gasteiger charge is 2.17. The van der Waals surface area contributed by atoms with Crippen LogP contribution in [0.1, 0.15) is 44.6 Å². The van der Waals surface area contributed by atoms with Crippen LogP contribution in [0, 0.1) is 0 Å². The first-order valence-corrected chi connectivity index (χ1v) is 9.11. The first-order chi connectivity index (χ1) is 12.6. The van der Waals surface area contributed by atoms with Crippen molar-refractivity contribution in [3.8, 4) is 11.4 Å². The summed E-state index contributed by atoms with van der Waals surface area (Å²) in [4.78, 5) is 25.1. The fourth-order valence-electron chi connectivity index (χ4n) is 3.08. The third-order valence-corrected chi connectivity index (χ3v) is 4.55. The minimum atomic E-state index is -0.469. The van der Waals surface area contributed by atoms with E-state index in [0.29, 0.717) is 5.82 Å². The van der Waals surface area contributed by atoms with Gasteiger partial charge in [-0.3, -0.25) is 10.1 Å². The third-order valence-electron chi connectivity index (χ3n) is 4.55. The van der Waals surface area contributed by atoms with Gasteiger partial charge in [0, 0.05) is 11.6 Å². The maximum Gasteiger partial charge on any atom is 0.321 e. The monoisotopic (exact) mass is 356 g/mol. The first-order valence-electron chi connectivity index (χ1n) is 9.11. The molecule has 3 rings (SSSR count). The number of tetrazole rings is 1. The molecule has 0 saturated heterocycles. The second-order valence-corrected chi connectivity index (χ2v) is 6.55. The molecule has 1 aromatic carbocycles. The van der Waals surface area contributed by atoms with Gasteiger partial charge in [0.1, 0.15) is 6.54 Å². The van der Waals surface area contributed by atoms with E-state index in [-0.39, 0.29) is 12.6 Å². The molecular weight excluding hydrogens is 332 g/mol. The maximum absolute atomic E-state index is 12.0. The highest BCUT2D eigenvalue weighted by Crippen LogP contribution is 2.17. The lowest BCUT2D eigenvalue weighted by atomic mass is 9.96. The van der Waals surface area contributed by atoms with Crippen LogP contribution in [0.4, 0.5) is 4.79 Å². The molecule has 1 fully saturated rings. The van der Waals surface area contributed by atoms with Crippen molar-refractivity contribution in [3.05, 3.63) is 29.8 Å². The molecule has 1 saturated carbocycles. The summed E-state index contributed by atoms with van der Waals surface area (Å²) in [7, 11) is 0. The smallest absolute Gasteiger partial charge is 0.321 e. The number of benzene rings is 1. The lowest BCUT2D eigenvalue weighted by molar-refractivity contribution is -0.121. The Morgan fingerprint density at radius 1 is 1.15 bits per heavy atom.